The molecule has 0 unspecified atom stereocenters. The number of hydrogen-bond donors (Lipinski definition) is 0. The van der Waals surface area contributed by atoms with E-state index in [9.17, 15) is 24.0 Å². The van der Waals surface area contributed by atoms with E-state index in [-0.39, 0.29) is 31.6 Å². The predicted molar refractivity (Wildman–Crippen MR) is 203 cm³/mol. The predicted octanol–water partition coefficient (Wildman–Crippen LogP) is 7.38. The van der Waals surface area contributed by atoms with E-state index in [0.717, 1.165) is 22.3 Å². The Morgan fingerprint density at radius 1 is 0.648 bits per heavy atom. The molecule has 0 aliphatic carbocycles. The molecule has 2 saturated heterocycles. The summed E-state index contributed by atoms with van der Waals surface area (Å²) in [6, 6.07) is 38.1. The summed E-state index contributed by atoms with van der Waals surface area (Å²) in [6.45, 7) is 5.76. The van der Waals surface area contributed by atoms with Gasteiger partial charge in [-0.05, 0) is 68.7 Å². The van der Waals surface area contributed by atoms with Gasteiger partial charge in [-0.2, -0.15) is 0 Å². The number of hydrogen-bond acceptors (Lipinski definition) is 8. The molecule has 4 aromatic carbocycles. The number of rotatable bonds is 12. The number of nitrogens with zero attached hydrogens (tertiary/aromatic N) is 2. The number of imide groups is 2. The quantitative estimate of drug-likeness (QED) is 0.109. The maximum absolute atomic E-state index is 13.5. The second-order valence-corrected chi connectivity index (χ2v) is 14.5. The molecule has 2 aliphatic heterocycles. The Morgan fingerprint density at radius 3 is 1.56 bits per heavy atom. The minimum Gasteiger partial charge on any atom is -0.460 e. The smallest absolute Gasteiger partial charge is 0.416 e. The van der Waals surface area contributed by atoms with Crippen molar-refractivity contribution in [2.45, 2.75) is 77.0 Å². The van der Waals surface area contributed by atoms with Crippen LogP contribution in [-0.4, -0.2) is 70.7 Å². The third-order valence-corrected chi connectivity index (χ3v) is 9.03. The van der Waals surface area contributed by atoms with Gasteiger partial charge in [0.25, 0.3) is 0 Å². The van der Waals surface area contributed by atoms with E-state index in [0.29, 0.717) is 32.1 Å². The second kappa shape index (κ2) is 18.8. The van der Waals surface area contributed by atoms with Crippen LogP contribution >= 0.6 is 0 Å². The molecule has 0 bridgehead atoms. The van der Waals surface area contributed by atoms with Gasteiger partial charge >= 0.3 is 18.2 Å². The highest BCUT2D eigenvalue weighted by Gasteiger charge is 2.42. The zero-order chi connectivity index (χ0) is 38.5. The highest BCUT2D eigenvalue weighted by molar-refractivity contribution is 5.96. The lowest BCUT2D eigenvalue weighted by atomic mass is 9.93. The molecule has 282 valence electrons. The van der Waals surface area contributed by atoms with Gasteiger partial charge in [0.2, 0.25) is 11.8 Å². The van der Waals surface area contributed by atoms with Gasteiger partial charge in [0.05, 0.1) is 24.4 Å². The number of carbonyl (C=O) groups is 5. The van der Waals surface area contributed by atoms with Gasteiger partial charge < -0.3 is 14.2 Å². The first-order valence-electron chi connectivity index (χ1n) is 18.3. The average Bonchev–Trinajstić information content (AvgIpc) is 3.71. The molecule has 0 N–H and O–H groups in total. The van der Waals surface area contributed by atoms with Crippen molar-refractivity contribution in [3.05, 3.63) is 144 Å². The maximum Gasteiger partial charge on any atom is 0.416 e. The van der Waals surface area contributed by atoms with Crippen LogP contribution in [0.15, 0.2) is 121 Å². The molecule has 2 heterocycles. The summed E-state index contributed by atoms with van der Waals surface area (Å²) in [7, 11) is 0. The van der Waals surface area contributed by atoms with Gasteiger partial charge in [-0.15, -0.1) is 0 Å². The fraction of sp³-hybridized carbons (Fsp3) is 0.341. The van der Waals surface area contributed by atoms with Crippen molar-refractivity contribution < 1.29 is 38.2 Å². The van der Waals surface area contributed by atoms with E-state index in [1.54, 1.807) is 20.8 Å². The van der Waals surface area contributed by atoms with Gasteiger partial charge in [-0.3, -0.25) is 14.4 Å². The van der Waals surface area contributed by atoms with E-state index in [1.807, 2.05) is 121 Å². The van der Waals surface area contributed by atoms with Gasteiger partial charge in [-0.1, -0.05) is 121 Å². The Balaban J connectivity index is 0.000000217. The monoisotopic (exact) mass is 732 g/mol. The highest BCUT2D eigenvalue weighted by Crippen LogP contribution is 2.25. The Labute approximate surface area is 317 Å². The zero-order valence-electron chi connectivity index (χ0n) is 31.1. The fourth-order valence-corrected chi connectivity index (χ4v) is 6.51. The number of ether oxygens (including phenoxy) is 3. The average molecular weight is 733 g/mol. The Bertz CT molecular complexity index is 1850. The Kier molecular flexibility index (Phi) is 13.7. The lowest BCUT2D eigenvalue weighted by Gasteiger charge is -2.26. The largest absolute Gasteiger partial charge is 0.460 e. The van der Waals surface area contributed by atoms with Crippen LogP contribution in [0, 0.1) is 5.92 Å². The van der Waals surface area contributed by atoms with Crippen molar-refractivity contribution in [2.75, 3.05) is 13.2 Å². The minimum atomic E-state index is -0.721. The third-order valence-electron chi connectivity index (χ3n) is 9.03. The third kappa shape index (κ3) is 11.6. The van der Waals surface area contributed by atoms with E-state index >= 15 is 0 Å². The molecule has 10 heteroatoms. The fourth-order valence-electron chi connectivity index (χ4n) is 6.51. The van der Waals surface area contributed by atoms with Gasteiger partial charge in [0, 0.05) is 6.42 Å². The summed E-state index contributed by atoms with van der Waals surface area (Å²) in [5.41, 5.74) is 3.46. The van der Waals surface area contributed by atoms with Gasteiger partial charge in [-0.25, -0.2) is 19.4 Å². The minimum absolute atomic E-state index is 0.104. The van der Waals surface area contributed by atoms with Crippen LogP contribution in [-0.2, 0) is 54.3 Å². The molecule has 6 rings (SSSR count). The first-order valence-corrected chi connectivity index (χ1v) is 18.3. The standard InChI is InChI=1S/C25H29NO5.C19H19NO3/c1-25(2,3)31-22(27)16-20(14-18-10-6-4-7-11-18)23(28)26-21(17-30-24(26)29)15-19-12-8-5-9-13-19;21-18(12-11-15-7-3-1-4-8-15)20-17(14-23-19(20)22)13-16-9-5-2-6-10-16/h4-13,20-21H,14-17H2,1-3H3;1-10,17H,11-14H2/t20-,21+;17-/m01/s1. The van der Waals surface area contributed by atoms with Crippen molar-refractivity contribution in [1.29, 1.82) is 0 Å². The summed E-state index contributed by atoms with van der Waals surface area (Å²) in [4.78, 5) is 65.3. The van der Waals surface area contributed by atoms with Gasteiger partial charge in [0.15, 0.2) is 0 Å². The number of esters is 1. The number of amides is 4. The van der Waals surface area contributed by atoms with Crippen molar-refractivity contribution in [3.63, 3.8) is 0 Å². The summed E-state index contributed by atoms with van der Waals surface area (Å²) in [5, 5.41) is 0. The number of cyclic esters (lactones) is 2. The number of benzene rings is 4. The highest BCUT2D eigenvalue weighted by atomic mass is 16.6. The van der Waals surface area contributed by atoms with E-state index in [1.165, 1.54) is 9.80 Å². The molecule has 4 aromatic rings. The SMILES string of the molecule is CC(C)(C)OC(=O)C[C@H](Cc1ccccc1)C(=O)N1C(=O)OC[C@H]1Cc1ccccc1.O=C(CCc1ccccc1)N1C(=O)OC[C@H]1Cc1ccccc1. The molecular weight excluding hydrogens is 684 g/mol. The Morgan fingerprint density at radius 2 is 1.07 bits per heavy atom. The van der Waals surface area contributed by atoms with E-state index < -0.39 is 41.6 Å². The normalized spacial score (nSPS) is 17.2. The maximum atomic E-state index is 13.5. The van der Waals surface area contributed by atoms with Crippen molar-refractivity contribution in [3.8, 4) is 0 Å². The van der Waals surface area contributed by atoms with E-state index in [4.69, 9.17) is 14.2 Å². The van der Waals surface area contributed by atoms with Crippen molar-refractivity contribution >= 4 is 30.0 Å². The van der Waals surface area contributed by atoms with Crippen molar-refractivity contribution in [1.82, 2.24) is 9.80 Å². The topological polar surface area (TPSA) is 120 Å². The first kappa shape index (κ1) is 39.4. The molecular formula is C44H48N2O8. The summed E-state index contributed by atoms with van der Waals surface area (Å²) in [5.74, 6) is -1.76. The Hall–Kier alpha value is -5.77. The molecule has 10 nitrogen and oxygen atoms in total. The first-order chi connectivity index (χ1) is 26.0. The van der Waals surface area contributed by atoms with Crippen LogP contribution in [0.25, 0.3) is 0 Å². The van der Waals surface area contributed by atoms with Crippen molar-refractivity contribution in [2.24, 2.45) is 5.92 Å². The van der Waals surface area contributed by atoms with Crippen LogP contribution < -0.4 is 0 Å². The summed E-state index contributed by atoms with van der Waals surface area (Å²) < 4.78 is 15.7. The lowest BCUT2D eigenvalue weighted by Crippen LogP contribution is -2.45. The van der Waals surface area contributed by atoms with Gasteiger partial charge in [0.1, 0.15) is 18.8 Å². The van der Waals surface area contributed by atoms with E-state index in [2.05, 4.69) is 0 Å². The summed E-state index contributed by atoms with van der Waals surface area (Å²) >= 11 is 0. The zero-order valence-corrected chi connectivity index (χ0v) is 31.1. The molecule has 2 aliphatic rings. The molecule has 2 fully saturated rings. The number of carbonyl (C=O) groups excluding carboxylic acids is 5. The van der Waals surface area contributed by atoms with Crippen LogP contribution in [0.1, 0.15) is 55.9 Å². The molecule has 4 amide bonds. The van der Waals surface area contributed by atoms with Crippen LogP contribution in [0.3, 0.4) is 0 Å². The second-order valence-electron chi connectivity index (χ2n) is 14.5. The molecule has 0 aromatic heterocycles. The molecule has 3 atom stereocenters. The lowest BCUT2D eigenvalue weighted by molar-refractivity contribution is -0.158. The van der Waals surface area contributed by atoms with Crippen LogP contribution in [0.2, 0.25) is 0 Å². The van der Waals surface area contributed by atoms with Crippen LogP contribution in [0.4, 0.5) is 9.59 Å². The molecule has 0 radical (unpaired) electrons. The molecule has 54 heavy (non-hydrogen) atoms. The molecule has 0 spiro atoms. The summed E-state index contributed by atoms with van der Waals surface area (Å²) in [6.07, 6.45) is 1.11. The molecule has 0 saturated carbocycles. The van der Waals surface area contributed by atoms with Crippen LogP contribution in [0.5, 0.6) is 0 Å². The number of aryl methyl sites for hydroxylation is 1.